The Bertz CT molecular complexity index is 298. The molecule has 0 aromatic carbocycles. The lowest BCUT2D eigenvalue weighted by molar-refractivity contribution is -0.133. The van der Waals surface area contributed by atoms with Gasteiger partial charge in [0.25, 0.3) is 0 Å². The van der Waals surface area contributed by atoms with E-state index in [2.05, 4.69) is 0 Å². The highest BCUT2D eigenvalue weighted by Crippen LogP contribution is 2.30. The first-order valence-electron chi connectivity index (χ1n) is 6.07. The summed E-state index contributed by atoms with van der Waals surface area (Å²) in [6.07, 6.45) is 4.66. The van der Waals surface area contributed by atoms with Crippen LogP contribution in [0.25, 0.3) is 0 Å². The number of ether oxygens (including phenoxy) is 1. The van der Waals surface area contributed by atoms with Gasteiger partial charge in [-0.15, -0.1) is 0 Å². The molecule has 88 valence electrons. The summed E-state index contributed by atoms with van der Waals surface area (Å²) >= 11 is 0. The molecule has 0 aromatic rings. The molecule has 0 N–H and O–H groups in total. The number of hydrogen-bond acceptors (Lipinski definition) is 3. The lowest BCUT2D eigenvalue weighted by Crippen LogP contribution is -2.46. The Kier molecular flexibility index (Phi) is 3.79. The third-order valence-electron chi connectivity index (χ3n) is 3.63. The predicted octanol–water partition coefficient (Wildman–Crippen LogP) is 1.32. The Morgan fingerprint density at radius 2 is 2.25 bits per heavy atom. The van der Waals surface area contributed by atoms with Crippen molar-refractivity contribution in [2.24, 2.45) is 5.92 Å². The van der Waals surface area contributed by atoms with Crippen LogP contribution < -0.4 is 0 Å². The molecule has 1 saturated carbocycles. The molecule has 2 fully saturated rings. The molecule has 1 saturated heterocycles. The Labute approximate surface area is 96.2 Å². The summed E-state index contributed by atoms with van der Waals surface area (Å²) in [5.74, 6) is 0.462. The fourth-order valence-corrected chi connectivity index (χ4v) is 2.84. The Balaban J connectivity index is 2.08. The van der Waals surface area contributed by atoms with Gasteiger partial charge < -0.3 is 9.64 Å². The van der Waals surface area contributed by atoms with Gasteiger partial charge >= 0.3 is 0 Å². The van der Waals surface area contributed by atoms with Gasteiger partial charge in [0.2, 0.25) is 5.91 Å². The van der Waals surface area contributed by atoms with Gasteiger partial charge in [-0.25, -0.2) is 0 Å². The molecular formula is C12H18N2O2. The number of fused-ring (bicyclic) bond motifs is 1. The van der Waals surface area contributed by atoms with Crippen LogP contribution in [0.2, 0.25) is 0 Å². The number of rotatable bonds is 1. The first-order valence-corrected chi connectivity index (χ1v) is 6.07. The van der Waals surface area contributed by atoms with E-state index in [1.165, 1.54) is 12.8 Å². The van der Waals surface area contributed by atoms with Crippen molar-refractivity contribution in [1.29, 1.82) is 5.26 Å². The topological polar surface area (TPSA) is 53.3 Å². The summed E-state index contributed by atoms with van der Waals surface area (Å²) in [4.78, 5) is 13.7. The highest BCUT2D eigenvalue weighted by Gasteiger charge is 2.34. The average Bonchev–Trinajstić information content (AvgIpc) is 2.51. The molecule has 4 nitrogen and oxygen atoms in total. The molecule has 0 aromatic heterocycles. The average molecular weight is 222 g/mol. The van der Waals surface area contributed by atoms with Gasteiger partial charge in [0.05, 0.1) is 19.3 Å². The van der Waals surface area contributed by atoms with E-state index in [9.17, 15) is 4.79 Å². The predicted molar refractivity (Wildman–Crippen MR) is 58.5 cm³/mol. The van der Waals surface area contributed by atoms with Crippen molar-refractivity contribution in [3.05, 3.63) is 0 Å². The number of nitriles is 1. The molecule has 2 aliphatic rings. The summed E-state index contributed by atoms with van der Waals surface area (Å²) in [7, 11) is 0. The Hall–Kier alpha value is -1.08. The number of amides is 1. The summed E-state index contributed by atoms with van der Waals surface area (Å²) in [6, 6.07) is 2.27. The van der Waals surface area contributed by atoms with Crippen molar-refractivity contribution < 1.29 is 9.53 Å². The zero-order chi connectivity index (χ0) is 11.4. The summed E-state index contributed by atoms with van der Waals surface area (Å²) < 4.78 is 5.55. The first kappa shape index (κ1) is 11.4. The van der Waals surface area contributed by atoms with E-state index in [0.717, 1.165) is 19.4 Å². The second-order valence-corrected chi connectivity index (χ2v) is 4.61. The van der Waals surface area contributed by atoms with Crippen LogP contribution in [0.5, 0.6) is 0 Å². The maximum absolute atomic E-state index is 11.9. The van der Waals surface area contributed by atoms with E-state index in [0.29, 0.717) is 25.1 Å². The maximum Gasteiger partial charge on any atom is 0.237 e. The maximum atomic E-state index is 11.9. The van der Waals surface area contributed by atoms with Crippen LogP contribution in [0, 0.1) is 17.2 Å². The van der Waals surface area contributed by atoms with Crippen LogP contribution in [0.4, 0.5) is 0 Å². The molecular weight excluding hydrogens is 204 g/mol. The summed E-state index contributed by atoms with van der Waals surface area (Å²) in [5, 5.41) is 8.60. The smallest absolute Gasteiger partial charge is 0.237 e. The SMILES string of the molecule is N#CCC(=O)N1CCOC[C@@H]2CCCC[C@@H]21. The van der Waals surface area contributed by atoms with Gasteiger partial charge in [-0.1, -0.05) is 12.8 Å². The molecule has 2 rings (SSSR count). The molecule has 1 amide bonds. The Morgan fingerprint density at radius 1 is 1.44 bits per heavy atom. The van der Waals surface area contributed by atoms with Crippen LogP contribution in [-0.4, -0.2) is 36.6 Å². The van der Waals surface area contributed by atoms with Crippen molar-refractivity contribution in [2.45, 2.75) is 38.1 Å². The molecule has 0 bridgehead atoms. The summed E-state index contributed by atoms with van der Waals surface area (Å²) in [6.45, 7) is 2.05. The molecule has 1 heterocycles. The molecule has 4 heteroatoms. The van der Waals surface area contributed by atoms with E-state index < -0.39 is 0 Å². The van der Waals surface area contributed by atoms with Crippen LogP contribution in [0.15, 0.2) is 0 Å². The van der Waals surface area contributed by atoms with Crippen LogP contribution >= 0.6 is 0 Å². The molecule has 16 heavy (non-hydrogen) atoms. The van der Waals surface area contributed by atoms with Gasteiger partial charge in [0, 0.05) is 18.5 Å². The van der Waals surface area contributed by atoms with Gasteiger partial charge in [-0.05, 0) is 12.8 Å². The standard InChI is InChI=1S/C12H18N2O2/c13-6-5-12(15)14-7-8-16-9-10-3-1-2-4-11(10)14/h10-11H,1-5,7-9H2/t10-,11-/m0/s1. The van der Waals surface area contributed by atoms with Crippen molar-refractivity contribution in [2.75, 3.05) is 19.8 Å². The largest absolute Gasteiger partial charge is 0.379 e. The Morgan fingerprint density at radius 3 is 3.06 bits per heavy atom. The zero-order valence-corrected chi connectivity index (χ0v) is 9.52. The van der Waals surface area contributed by atoms with Crippen LogP contribution in [0.1, 0.15) is 32.1 Å². The number of nitrogens with zero attached hydrogens (tertiary/aromatic N) is 2. The molecule has 1 aliphatic carbocycles. The van der Waals surface area contributed by atoms with Gasteiger partial charge in [-0.2, -0.15) is 5.26 Å². The fourth-order valence-electron chi connectivity index (χ4n) is 2.84. The van der Waals surface area contributed by atoms with E-state index in [1.807, 2.05) is 11.0 Å². The highest BCUT2D eigenvalue weighted by molar-refractivity contribution is 5.78. The van der Waals surface area contributed by atoms with Gasteiger partial charge in [-0.3, -0.25) is 4.79 Å². The van der Waals surface area contributed by atoms with E-state index in [1.54, 1.807) is 0 Å². The van der Waals surface area contributed by atoms with Crippen LogP contribution in [0.3, 0.4) is 0 Å². The highest BCUT2D eigenvalue weighted by atomic mass is 16.5. The van der Waals surface area contributed by atoms with Crippen molar-refractivity contribution in [1.82, 2.24) is 4.90 Å². The monoisotopic (exact) mass is 222 g/mol. The number of carbonyl (C=O) groups excluding carboxylic acids is 1. The van der Waals surface area contributed by atoms with Crippen LogP contribution in [-0.2, 0) is 9.53 Å². The molecule has 0 radical (unpaired) electrons. The van der Waals surface area contributed by atoms with E-state index >= 15 is 0 Å². The second-order valence-electron chi connectivity index (χ2n) is 4.61. The molecule has 0 unspecified atom stereocenters. The van der Waals surface area contributed by atoms with Crippen molar-refractivity contribution in [3.8, 4) is 6.07 Å². The minimum atomic E-state index is -0.0232. The zero-order valence-electron chi connectivity index (χ0n) is 9.52. The number of carbonyl (C=O) groups is 1. The van der Waals surface area contributed by atoms with Crippen molar-refractivity contribution in [3.63, 3.8) is 0 Å². The lowest BCUT2D eigenvalue weighted by Gasteiger charge is -2.37. The minimum absolute atomic E-state index is 0.00319. The fraction of sp³-hybridized carbons (Fsp3) is 0.833. The van der Waals surface area contributed by atoms with Gasteiger partial charge in [0.1, 0.15) is 6.42 Å². The second kappa shape index (κ2) is 5.31. The molecule has 1 aliphatic heterocycles. The molecule has 2 atom stereocenters. The van der Waals surface area contributed by atoms with Gasteiger partial charge in [0.15, 0.2) is 0 Å². The third-order valence-corrected chi connectivity index (χ3v) is 3.63. The van der Waals surface area contributed by atoms with E-state index in [-0.39, 0.29) is 12.3 Å². The summed E-state index contributed by atoms with van der Waals surface area (Å²) in [5.41, 5.74) is 0. The van der Waals surface area contributed by atoms with Crippen molar-refractivity contribution >= 4 is 5.91 Å². The third kappa shape index (κ3) is 2.35. The minimum Gasteiger partial charge on any atom is -0.379 e. The quantitative estimate of drug-likeness (QED) is 0.672. The molecule has 0 spiro atoms. The lowest BCUT2D eigenvalue weighted by atomic mass is 9.84. The first-order chi connectivity index (χ1) is 7.83. The van der Waals surface area contributed by atoms with E-state index in [4.69, 9.17) is 10.00 Å². The normalized spacial score (nSPS) is 30.1. The number of hydrogen-bond donors (Lipinski definition) is 0.